The van der Waals surface area contributed by atoms with Crippen LogP contribution in [0.4, 0.5) is 11.4 Å². The molecule has 6 rings (SSSR count). The lowest BCUT2D eigenvalue weighted by Crippen LogP contribution is -2.37. The van der Waals surface area contributed by atoms with E-state index in [2.05, 4.69) is 97.1 Å². The number of hydroxylamine groups is 2. The van der Waals surface area contributed by atoms with Crippen LogP contribution >= 0.6 is 0 Å². The zero-order valence-electron chi connectivity index (χ0n) is 26.3. The molecule has 0 saturated carbocycles. The largest absolute Gasteiger partial charge is 0.215 e. The zero-order chi connectivity index (χ0) is 31.2. The number of hydrogen-bond donors (Lipinski definition) is 0. The number of fused-ring (bicyclic) bond motifs is 2. The molecule has 0 saturated heterocycles. The van der Waals surface area contributed by atoms with Gasteiger partial charge in [0.15, 0.2) is 0 Å². The van der Waals surface area contributed by atoms with Gasteiger partial charge in [0.1, 0.15) is 0 Å². The van der Waals surface area contributed by atoms with Crippen LogP contribution in [0.1, 0.15) is 41.5 Å². The lowest BCUT2D eigenvalue weighted by atomic mass is 9.83. The molecule has 0 heterocycles. The van der Waals surface area contributed by atoms with Crippen molar-refractivity contribution < 1.29 is 10.4 Å². The molecule has 4 heteroatoms. The van der Waals surface area contributed by atoms with Crippen LogP contribution in [0.15, 0.2) is 121 Å². The molecule has 0 spiro atoms. The summed E-state index contributed by atoms with van der Waals surface area (Å²) in [6.45, 7) is 11.5. The molecule has 0 aliphatic carbocycles. The van der Waals surface area contributed by atoms with Crippen LogP contribution in [0.3, 0.4) is 0 Å². The van der Waals surface area contributed by atoms with Gasteiger partial charge in [-0.25, -0.2) is 10.1 Å². The van der Waals surface area contributed by atoms with Gasteiger partial charge in [-0.05, 0) is 121 Å². The Hall–Kier alpha value is -4.64. The van der Waals surface area contributed by atoms with Crippen LogP contribution < -0.4 is 10.1 Å². The highest BCUT2D eigenvalue weighted by Crippen LogP contribution is 2.46. The van der Waals surface area contributed by atoms with Gasteiger partial charge in [-0.2, -0.15) is 0 Å². The van der Waals surface area contributed by atoms with Crippen molar-refractivity contribution >= 4 is 32.9 Å². The van der Waals surface area contributed by atoms with Crippen LogP contribution in [0.25, 0.3) is 54.9 Å². The van der Waals surface area contributed by atoms with Crippen molar-refractivity contribution in [3.8, 4) is 33.4 Å². The number of benzene rings is 6. The standard InChI is InChI=1S/C40H38N2O2/c1-39(2,3)41(43)31-21-15-29(16-22-31)35-25-19-27-11-7-9-13-33(27)37(35)38-34-14-10-8-12-28(34)20-26-36(38)30-17-23-32(24-18-30)42(44)40(4,5)6/h7-26H,1-6H3. The van der Waals surface area contributed by atoms with Crippen LogP contribution in [0.5, 0.6) is 0 Å². The third-order valence-electron chi connectivity index (χ3n) is 8.15. The zero-order valence-corrected chi connectivity index (χ0v) is 26.3. The molecule has 2 radical (unpaired) electrons. The molecule has 6 aromatic rings. The summed E-state index contributed by atoms with van der Waals surface area (Å²) < 4.78 is 0. The second-order valence-electron chi connectivity index (χ2n) is 13.4. The summed E-state index contributed by atoms with van der Waals surface area (Å²) in [5, 5.41) is 32.6. The summed E-state index contributed by atoms with van der Waals surface area (Å²) in [6.07, 6.45) is 0. The molecule has 0 atom stereocenters. The second kappa shape index (κ2) is 11.1. The van der Waals surface area contributed by atoms with E-state index in [1.165, 1.54) is 0 Å². The smallest absolute Gasteiger partial charge is 0.0674 e. The summed E-state index contributed by atoms with van der Waals surface area (Å²) in [7, 11) is 0. The normalized spacial score (nSPS) is 12.1. The van der Waals surface area contributed by atoms with E-state index in [1.54, 1.807) is 0 Å². The van der Waals surface area contributed by atoms with Gasteiger partial charge in [0, 0.05) is 0 Å². The lowest BCUT2D eigenvalue weighted by Gasteiger charge is -2.29. The van der Waals surface area contributed by atoms with E-state index in [-0.39, 0.29) is 0 Å². The predicted octanol–water partition coefficient (Wildman–Crippen LogP) is 10.9. The average molecular weight is 579 g/mol. The van der Waals surface area contributed by atoms with Crippen molar-refractivity contribution in [2.24, 2.45) is 0 Å². The van der Waals surface area contributed by atoms with Gasteiger partial charge < -0.3 is 0 Å². The first-order valence-electron chi connectivity index (χ1n) is 15.1. The molecule has 4 nitrogen and oxygen atoms in total. The topological polar surface area (TPSA) is 46.3 Å². The van der Waals surface area contributed by atoms with E-state index >= 15 is 0 Å². The predicted molar refractivity (Wildman–Crippen MR) is 184 cm³/mol. The van der Waals surface area contributed by atoms with E-state index < -0.39 is 11.1 Å². The molecule has 0 bridgehead atoms. The summed E-state index contributed by atoms with van der Waals surface area (Å²) in [5.74, 6) is 0. The van der Waals surface area contributed by atoms with Gasteiger partial charge >= 0.3 is 0 Å². The Morgan fingerprint density at radius 2 is 0.750 bits per heavy atom. The van der Waals surface area contributed by atoms with Crippen molar-refractivity contribution in [2.75, 3.05) is 10.1 Å². The van der Waals surface area contributed by atoms with Crippen molar-refractivity contribution in [2.45, 2.75) is 52.6 Å². The van der Waals surface area contributed by atoms with Crippen molar-refractivity contribution in [3.05, 3.63) is 121 Å². The minimum atomic E-state index is -0.529. The maximum atomic E-state index is 12.9. The Balaban J connectivity index is 1.61. The van der Waals surface area contributed by atoms with E-state index in [0.717, 1.165) is 65.1 Å². The quantitative estimate of drug-likeness (QED) is 0.191. The molecule has 0 amide bonds. The molecule has 0 fully saturated rings. The summed E-state index contributed by atoms with van der Waals surface area (Å²) in [5.41, 5.74) is 6.76. The molecule has 0 aromatic heterocycles. The summed E-state index contributed by atoms with van der Waals surface area (Å²) in [6, 6.07) is 41.6. The Kier molecular flexibility index (Phi) is 7.44. The molecule has 220 valence electrons. The Morgan fingerprint density at radius 3 is 1.09 bits per heavy atom. The minimum Gasteiger partial charge on any atom is -0.215 e. The van der Waals surface area contributed by atoms with Gasteiger partial charge in [0.05, 0.1) is 22.5 Å². The molecule has 0 aliphatic heterocycles. The van der Waals surface area contributed by atoms with Crippen LogP contribution in [-0.4, -0.2) is 11.1 Å². The Morgan fingerprint density at radius 1 is 0.409 bits per heavy atom. The number of hydrogen-bond acceptors (Lipinski definition) is 2. The lowest BCUT2D eigenvalue weighted by molar-refractivity contribution is 0.102. The van der Waals surface area contributed by atoms with Gasteiger partial charge in [-0.1, -0.05) is 107 Å². The summed E-state index contributed by atoms with van der Waals surface area (Å²) in [4.78, 5) is 0. The van der Waals surface area contributed by atoms with Gasteiger partial charge in [0.2, 0.25) is 0 Å². The highest BCUT2D eigenvalue weighted by molar-refractivity contribution is 6.14. The van der Waals surface area contributed by atoms with E-state index in [4.69, 9.17) is 0 Å². The fourth-order valence-corrected chi connectivity index (χ4v) is 5.89. The highest BCUT2D eigenvalue weighted by Gasteiger charge is 2.24. The molecule has 0 aliphatic rings. The van der Waals surface area contributed by atoms with Crippen LogP contribution in [0, 0.1) is 0 Å². The molecule has 44 heavy (non-hydrogen) atoms. The maximum absolute atomic E-state index is 12.9. The second-order valence-corrected chi connectivity index (χ2v) is 13.4. The van der Waals surface area contributed by atoms with E-state index in [0.29, 0.717) is 11.4 Å². The number of anilines is 2. The van der Waals surface area contributed by atoms with Crippen molar-refractivity contribution in [1.82, 2.24) is 0 Å². The minimum absolute atomic E-state index is 0.529. The highest BCUT2D eigenvalue weighted by atomic mass is 16.5. The monoisotopic (exact) mass is 578 g/mol. The van der Waals surface area contributed by atoms with Crippen LogP contribution in [-0.2, 0) is 10.4 Å². The molecule has 6 aromatic carbocycles. The van der Waals surface area contributed by atoms with Crippen molar-refractivity contribution in [1.29, 1.82) is 0 Å². The van der Waals surface area contributed by atoms with Gasteiger partial charge in [-0.3, -0.25) is 0 Å². The Labute approximate surface area is 260 Å². The molecule has 0 unspecified atom stereocenters. The molecular formula is C40H38N2O2. The molecular weight excluding hydrogens is 540 g/mol. The molecule has 0 N–H and O–H groups in total. The SMILES string of the molecule is CC(C)(C)N([O])c1ccc(-c2ccc3ccccc3c2-c2c(-c3ccc(N([O])C(C)(C)C)cc3)ccc3ccccc23)cc1. The first kappa shape index (κ1) is 29.4. The average Bonchev–Trinajstić information content (AvgIpc) is 3.02. The van der Waals surface area contributed by atoms with Gasteiger partial charge in [0.25, 0.3) is 0 Å². The van der Waals surface area contributed by atoms with E-state index in [9.17, 15) is 10.4 Å². The Bertz CT molecular complexity index is 1800. The van der Waals surface area contributed by atoms with Gasteiger partial charge in [-0.15, -0.1) is 0 Å². The van der Waals surface area contributed by atoms with E-state index in [1.807, 2.05) is 65.8 Å². The fourth-order valence-electron chi connectivity index (χ4n) is 5.89. The number of rotatable bonds is 5. The first-order valence-corrected chi connectivity index (χ1v) is 15.1. The number of nitrogens with zero attached hydrogens (tertiary/aromatic N) is 2. The first-order chi connectivity index (χ1) is 20.9. The maximum Gasteiger partial charge on any atom is 0.0674 e. The third kappa shape index (κ3) is 5.43. The summed E-state index contributed by atoms with van der Waals surface area (Å²) >= 11 is 0. The fraction of sp³-hybridized carbons (Fsp3) is 0.200. The van der Waals surface area contributed by atoms with Crippen LogP contribution in [0.2, 0.25) is 0 Å². The van der Waals surface area contributed by atoms with Crippen molar-refractivity contribution in [3.63, 3.8) is 0 Å². The third-order valence-corrected chi connectivity index (χ3v) is 8.15.